The minimum atomic E-state index is -0.288. The van der Waals surface area contributed by atoms with Crippen molar-refractivity contribution in [3.05, 3.63) is 34.8 Å². The van der Waals surface area contributed by atoms with E-state index in [2.05, 4.69) is 15.6 Å². The normalized spacial score (nSPS) is 12.3. The molecule has 0 aliphatic carbocycles. The van der Waals surface area contributed by atoms with E-state index >= 15 is 0 Å². The van der Waals surface area contributed by atoms with Gasteiger partial charge in [0.1, 0.15) is 0 Å². The summed E-state index contributed by atoms with van der Waals surface area (Å²) < 4.78 is 10.5. The minimum Gasteiger partial charge on any atom is -0.454 e. The molecule has 0 bridgehead atoms. The van der Waals surface area contributed by atoms with Crippen molar-refractivity contribution in [3.63, 3.8) is 0 Å². The highest BCUT2D eigenvalue weighted by molar-refractivity contribution is 7.14. The Labute approximate surface area is 149 Å². The molecular weight excluding hydrogens is 342 g/mol. The highest BCUT2D eigenvalue weighted by Crippen LogP contribution is 2.32. The van der Waals surface area contributed by atoms with Gasteiger partial charge in [-0.2, -0.15) is 0 Å². The molecule has 2 N–H and O–H groups in total. The van der Waals surface area contributed by atoms with E-state index in [-0.39, 0.29) is 25.0 Å². The maximum absolute atomic E-state index is 12.3. The average Bonchev–Trinajstić information content (AvgIpc) is 3.21. The van der Waals surface area contributed by atoms with Crippen LogP contribution in [0, 0.1) is 5.92 Å². The molecule has 1 aliphatic rings. The van der Waals surface area contributed by atoms with E-state index in [0.717, 1.165) is 0 Å². The number of nitrogens with zero attached hydrogens (tertiary/aromatic N) is 1. The second-order valence-corrected chi connectivity index (χ2v) is 6.90. The molecule has 0 radical (unpaired) electrons. The molecule has 1 aromatic carbocycles. The lowest BCUT2D eigenvalue weighted by atomic mass is 10.2. The van der Waals surface area contributed by atoms with E-state index in [1.165, 1.54) is 11.3 Å². The summed E-state index contributed by atoms with van der Waals surface area (Å²) >= 11 is 1.29. The molecule has 8 heteroatoms. The van der Waals surface area contributed by atoms with Gasteiger partial charge >= 0.3 is 0 Å². The highest BCUT2D eigenvalue weighted by Gasteiger charge is 2.17. The van der Waals surface area contributed by atoms with Crippen LogP contribution in [0.25, 0.3) is 0 Å². The summed E-state index contributed by atoms with van der Waals surface area (Å²) in [7, 11) is 0. The van der Waals surface area contributed by atoms with Gasteiger partial charge in [-0.1, -0.05) is 13.8 Å². The van der Waals surface area contributed by atoms with Crippen LogP contribution in [-0.4, -0.2) is 30.1 Å². The summed E-state index contributed by atoms with van der Waals surface area (Å²) in [4.78, 5) is 28.4. The Bertz CT molecular complexity index is 788. The monoisotopic (exact) mass is 361 g/mol. The number of amides is 2. The summed E-state index contributed by atoms with van der Waals surface area (Å²) in [5, 5.41) is 7.80. The predicted molar refractivity (Wildman–Crippen MR) is 94.2 cm³/mol. The minimum absolute atomic E-state index is 0.0763. The first-order valence-corrected chi connectivity index (χ1v) is 8.81. The SMILES string of the molecule is CC(C)CNC(=O)Cc1csc(NC(=O)c2ccc3c(c2)OCO3)n1. The Hall–Kier alpha value is -2.61. The topological polar surface area (TPSA) is 89.6 Å². The van der Waals surface area contributed by atoms with Crippen LogP contribution >= 0.6 is 11.3 Å². The zero-order chi connectivity index (χ0) is 17.8. The molecule has 0 spiro atoms. The summed E-state index contributed by atoms with van der Waals surface area (Å²) in [6.07, 6.45) is 0.198. The molecule has 1 aliphatic heterocycles. The number of carbonyl (C=O) groups is 2. The number of ether oxygens (including phenoxy) is 2. The van der Waals surface area contributed by atoms with Crippen LogP contribution in [0.15, 0.2) is 23.6 Å². The third-order valence-electron chi connectivity index (χ3n) is 3.46. The number of benzene rings is 1. The van der Waals surface area contributed by atoms with Crippen LogP contribution in [-0.2, 0) is 11.2 Å². The molecular formula is C17H19N3O4S. The number of thiazole rings is 1. The predicted octanol–water partition coefficient (Wildman–Crippen LogP) is 2.44. The van der Waals surface area contributed by atoms with Crippen LogP contribution in [0.5, 0.6) is 11.5 Å². The number of nitrogens with one attached hydrogen (secondary N) is 2. The van der Waals surface area contributed by atoms with Crippen molar-refractivity contribution >= 4 is 28.3 Å². The Balaban J connectivity index is 1.57. The van der Waals surface area contributed by atoms with Crippen LogP contribution < -0.4 is 20.1 Å². The molecule has 7 nitrogen and oxygen atoms in total. The van der Waals surface area contributed by atoms with Gasteiger partial charge < -0.3 is 14.8 Å². The first kappa shape index (κ1) is 17.2. The third kappa shape index (κ3) is 4.48. The average molecular weight is 361 g/mol. The maximum Gasteiger partial charge on any atom is 0.257 e. The number of fused-ring (bicyclic) bond motifs is 1. The smallest absolute Gasteiger partial charge is 0.257 e. The van der Waals surface area contributed by atoms with Crippen molar-refractivity contribution in [2.24, 2.45) is 5.92 Å². The van der Waals surface area contributed by atoms with Crippen LogP contribution in [0.1, 0.15) is 29.9 Å². The first-order chi connectivity index (χ1) is 12.0. The Morgan fingerprint density at radius 2 is 2.08 bits per heavy atom. The van der Waals surface area contributed by atoms with Crippen molar-refractivity contribution < 1.29 is 19.1 Å². The Morgan fingerprint density at radius 1 is 1.28 bits per heavy atom. The lowest BCUT2D eigenvalue weighted by molar-refractivity contribution is -0.120. The molecule has 132 valence electrons. The van der Waals surface area contributed by atoms with E-state index < -0.39 is 0 Å². The fraction of sp³-hybridized carbons (Fsp3) is 0.353. The van der Waals surface area contributed by atoms with Gasteiger partial charge in [0.2, 0.25) is 12.7 Å². The highest BCUT2D eigenvalue weighted by atomic mass is 32.1. The number of anilines is 1. The first-order valence-electron chi connectivity index (χ1n) is 7.93. The Morgan fingerprint density at radius 3 is 2.88 bits per heavy atom. The van der Waals surface area contributed by atoms with Gasteiger partial charge in [0.25, 0.3) is 5.91 Å². The molecule has 25 heavy (non-hydrogen) atoms. The van der Waals surface area contributed by atoms with Crippen molar-refractivity contribution in [1.29, 1.82) is 0 Å². The van der Waals surface area contributed by atoms with E-state index in [1.807, 2.05) is 13.8 Å². The fourth-order valence-electron chi connectivity index (χ4n) is 2.20. The van der Waals surface area contributed by atoms with Gasteiger partial charge in [0, 0.05) is 17.5 Å². The standard InChI is InChI=1S/C17H19N3O4S/c1-10(2)7-18-15(21)6-12-8-25-17(19-12)20-16(22)11-3-4-13-14(5-11)24-9-23-13/h3-5,8,10H,6-7,9H2,1-2H3,(H,18,21)(H,19,20,22). The van der Waals surface area contributed by atoms with Gasteiger partial charge in [-0.15, -0.1) is 11.3 Å². The fourth-order valence-corrected chi connectivity index (χ4v) is 2.90. The van der Waals surface area contributed by atoms with Gasteiger partial charge in [-0.25, -0.2) is 4.98 Å². The summed E-state index contributed by atoms with van der Waals surface area (Å²) in [5.74, 6) is 1.21. The molecule has 3 rings (SSSR count). The van der Waals surface area contributed by atoms with Crippen LogP contribution in [0.2, 0.25) is 0 Å². The molecule has 0 saturated heterocycles. The number of carbonyl (C=O) groups excluding carboxylic acids is 2. The van der Waals surface area contributed by atoms with Crippen molar-refractivity contribution in [1.82, 2.24) is 10.3 Å². The summed E-state index contributed by atoms with van der Waals surface area (Å²) in [5.41, 5.74) is 1.09. The van der Waals surface area contributed by atoms with Gasteiger partial charge in [-0.3, -0.25) is 14.9 Å². The molecule has 0 unspecified atom stereocenters. The third-order valence-corrected chi connectivity index (χ3v) is 4.26. The van der Waals surface area contributed by atoms with Crippen molar-refractivity contribution in [2.75, 3.05) is 18.7 Å². The molecule has 2 aromatic rings. The van der Waals surface area contributed by atoms with E-state index in [4.69, 9.17) is 9.47 Å². The molecule has 0 fully saturated rings. The number of hydrogen-bond donors (Lipinski definition) is 2. The van der Waals surface area contributed by atoms with Crippen molar-refractivity contribution in [2.45, 2.75) is 20.3 Å². The number of rotatable bonds is 6. The molecule has 2 heterocycles. The van der Waals surface area contributed by atoms with Crippen LogP contribution in [0.4, 0.5) is 5.13 Å². The second kappa shape index (κ2) is 7.52. The molecule has 0 saturated carbocycles. The van der Waals surface area contributed by atoms with Gasteiger partial charge in [0.15, 0.2) is 16.6 Å². The number of hydrogen-bond acceptors (Lipinski definition) is 6. The van der Waals surface area contributed by atoms with Gasteiger partial charge in [-0.05, 0) is 24.1 Å². The van der Waals surface area contributed by atoms with E-state index in [9.17, 15) is 9.59 Å². The zero-order valence-electron chi connectivity index (χ0n) is 14.0. The molecule has 1 aromatic heterocycles. The quantitative estimate of drug-likeness (QED) is 0.825. The maximum atomic E-state index is 12.3. The zero-order valence-corrected chi connectivity index (χ0v) is 14.8. The summed E-state index contributed by atoms with van der Waals surface area (Å²) in [6, 6.07) is 4.99. The molecule has 2 amide bonds. The molecule has 0 atom stereocenters. The van der Waals surface area contributed by atoms with E-state index in [0.29, 0.717) is 40.4 Å². The lowest BCUT2D eigenvalue weighted by Crippen LogP contribution is -2.28. The van der Waals surface area contributed by atoms with Crippen molar-refractivity contribution in [3.8, 4) is 11.5 Å². The lowest BCUT2D eigenvalue weighted by Gasteiger charge is -2.06. The Kier molecular flexibility index (Phi) is 5.18. The van der Waals surface area contributed by atoms with E-state index in [1.54, 1.807) is 23.6 Å². The number of aromatic nitrogens is 1. The van der Waals surface area contributed by atoms with Gasteiger partial charge in [0.05, 0.1) is 12.1 Å². The largest absolute Gasteiger partial charge is 0.454 e. The van der Waals surface area contributed by atoms with Crippen LogP contribution in [0.3, 0.4) is 0 Å². The second-order valence-electron chi connectivity index (χ2n) is 6.04. The summed E-state index contributed by atoms with van der Waals surface area (Å²) in [6.45, 7) is 4.87.